The largest absolute Gasteiger partial charge is 0.464 e. The van der Waals surface area contributed by atoms with Gasteiger partial charge in [0.05, 0.1) is 6.61 Å². The molecule has 0 saturated heterocycles. The molecule has 1 heterocycles. The Morgan fingerprint density at radius 2 is 2.12 bits per heavy atom. The third kappa shape index (κ3) is 4.82. The van der Waals surface area contributed by atoms with E-state index in [1.165, 1.54) is 0 Å². The summed E-state index contributed by atoms with van der Waals surface area (Å²) in [6.45, 7) is 3.01. The summed E-state index contributed by atoms with van der Waals surface area (Å²) >= 11 is 0. The van der Waals surface area contributed by atoms with Gasteiger partial charge in [0.1, 0.15) is 0 Å². The zero-order valence-electron chi connectivity index (χ0n) is 9.43. The summed E-state index contributed by atoms with van der Waals surface area (Å²) in [5, 5.41) is 5.26. The van der Waals surface area contributed by atoms with E-state index in [0.29, 0.717) is 19.7 Å². The molecule has 0 bridgehead atoms. The normalized spacial score (nSPS) is 9.71. The van der Waals surface area contributed by atoms with Gasteiger partial charge >= 0.3 is 12.0 Å². The number of nitrogen functional groups attached to an aromatic ring is 1. The third-order valence-corrected chi connectivity index (χ3v) is 1.61. The van der Waals surface area contributed by atoms with Gasteiger partial charge < -0.3 is 26.8 Å². The summed E-state index contributed by atoms with van der Waals surface area (Å²) in [5.41, 5.74) is 10.4. The molecule has 9 nitrogen and oxygen atoms in total. The summed E-state index contributed by atoms with van der Waals surface area (Å²) in [7, 11) is 0. The third-order valence-electron chi connectivity index (χ3n) is 1.61. The number of rotatable bonds is 6. The summed E-state index contributed by atoms with van der Waals surface area (Å²) < 4.78 is 5.10. The number of nitrogens with zero attached hydrogens (tertiary/aromatic N) is 3. The van der Waals surface area contributed by atoms with Crippen molar-refractivity contribution in [1.82, 2.24) is 20.3 Å². The van der Waals surface area contributed by atoms with Gasteiger partial charge in [0, 0.05) is 13.1 Å². The van der Waals surface area contributed by atoms with Gasteiger partial charge in [-0.15, -0.1) is 0 Å². The number of hydrogen-bond donors (Lipinski definition) is 4. The number of anilines is 2. The second-order valence-electron chi connectivity index (χ2n) is 2.95. The Morgan fingerprint density at radius 1 is 1.35 bits per heavy atom. The zero-order valence-corrected chi connectivity index (χ0v) is 9.43. The van der Waals surface area contributed by atoms with Crippen molar-refractivity contribution < 1.29 is 9.53 Å². The van der Waals surface area contributed by atoms with Gasteiger partial charge in [0.15, 0.2) is 0 Å². The topological polar surface area (TPSA) is 141 Å². The Bertz CT molecular complexity index is 384. The van der Waals surface area contributed by atoms with Gasteiger partial charge in [0.2, 0.25) is 11.9 Å². The number of ether oxygens (including phenoxy) is 1. The highest BCUT2D eigenvalue weighted by Crippen LogP contribution is 2.07. The van der Waals surface area contributed by atoms with Crippen LogP contribution in [0.2, 0.25) is 0 Å². The maximum absolute atomic E-state index is 10.4. The van der Waals surface area contributed by atoms with Crippen LogP contribution in [0.15, 0.2) is 0 Å². The highest BCUT2D eigenvalue weighted by atomic mass is 16.5. The fraction of sp³-hybridized carbons (Fsp3) is 0.500. The van der Waals surface area contributed by atoms with Crippen LogP contribution >= 0.6 is 0 Å². The Balaban J connectivity index is 2.49. The fourth-order valence-electron chi connectivity index (χ4n) is 1.00. The first-order chi connectivity index (χ1) is 8.11. The predicted molar refractivity (Wildman–Crippen MR) is 61.5 cm³/mol. The van der Waals surface area contributed by atoms with E-state index in [4.69, 9.17) is 16.2 Å². The number of carbonyl (C=O) groups excluding carboxylic acids is 1. The lowest BCUT2D eigenvalue weighted by atomic mass is 10.6. The van der Waals surface area contributed by atoms with E-state index < -0.39 is 6.03 Å². The number of carbonyl (C=O) groups is 1. The molecule has 2 amide bonds. The van der Waals surface area contributed by atoms with Crippen molar-refractivity contribution >= 4 is 17.9 Å². The zero-order chi connectivity index (χ0) is 12.7. The number of hydrogen-bond acceptors (Lipinski definition) is 7. The molecule has 0 aliphatic rings. The van der Waals surface area contributed by atoms with Crippen LogP contribution in [0.4, 0.5) is 16.7 Å². The average Bonchev–Trinajstić information content (AvgIpc) is 2.24. The average molecular weight is 241 g/mol. The molecule has 94 valence electrons. The van der Waals surface area contributed by atoms with Crippen molar-refractivity contribution in [2.45, 2.75) is 6.92 Å². The van der Waals surface area contributed by atoms with Crippen LogP contribution in [0, 0.1) is 0 Å². The van der Waals surface area contributed by atoms with Crippen LogP contribution in [-0.2, 0) is 0 Å². The van der Waals surface area contributed by atoms with Crippen LogP contribution in [0.1, 0.15) is 6.92 Å². The van der Waals surface area contributed by atoms with Gasteiger partial charge in [-0.05, 0) is 6.92 Å². The smallest absolute Gasteiger partial charge is 0.323 e. The minimum absolute atomic E-state index is 0.0637. The molecule has 17 heavy (non-hydrogen) atoms. The second-order valence-corrected chi connectivity index (χ2v) is 2.95. The Labute approximate surface area is 98.0 Å². The predicted octanol–water partition coefficient (Wildman–Crippen LogP) is -1.07. The first-order valence-electron chi connectivity index (χ1n) is 5.03. The first-order valence-corrected chi connectivity index (χ1v) is 5.03. The molecule has 6 N–H and O–H groups in total. The molecule has 0 unspecified atom stereocenters. The maximum Gasteiger partial charge on any atom is 0.323 e. The van der Waals surface area contributed by atoms with Gasteiger partial charge in [-0.25, -0.2) is 4.79 Å². The Hall–Kier alpha value is -2.32. The molecule has 0 aromatic carbocycles. The van der Waals surface area contributed by atoms with E-state index in [0.717, 1.165) is 0 Å². The monoisotopic (exact) mass is 241 g/mol. The summed E-state index contributed by atoms with van der Waals surface area (Å²) in [4.78, 5) is 22.0. The highest BCUT2D eigenvalue weighted by molar-refractivity contribution is 5.71. The molecule has 0 atom stereocenters. The number of nitrogens with two attached hydrogens (primary N) is 2. The molecule has 0 aliphatic heterocycles. The minimum atomic E-state index is -0.586. The number of aromatic nitrogens is 3. The summed E-state index contributed by atoms with van der Waals surface area (Å²) in [5.74, 6) is 0.348. The Kier molecular flexibility index (Phi) is 4.73. The summed E-state index contributed by atoms with van der Waals surface area (Å²) in [6, 6.07) is -0.428. The Morgan fingerprint density at radius 3 is 2.76 bits per heavy atom. The molecule has 0 spiro atoms. The van der Waals surface area contributed by atoms with Crippen molar-refractivity contribution in [1.29, 1.82) is 0 Å². The van der Waals surface area contributed by atoms with E-state index in [1.54, 1.807) is 0 Å². The standard InChI is InChI=1S/C8H15N7O2/c1-2-17-8-14-5(9)13-7(15-8)12-4-3-11-6(10)16/h2-4H2,1H3,(H3,10,11,16)(H3,9,12,13,14,15). The van der Waals surface area contributed by atoms with Crippen molar-refractivity contribution in [2.24, 2.45) is 5.73 Å². The van der Waals surface area contributed by atoms with Crippen LogP contribution in [0.3, 0.4) is 0 Å². The molecule has 0 fully saturated rings. The van der Waals surface area contributed by atoms with Crippen LogP contribution in [-0.4, -0.2) is 40.7 Å². The van der Waals surface area contributed by atoms with Gasteiger partial charge in [-0.3, -0.25) is 0 Å². The van der Waals surface area contributed by atoms with Crippen LogP contribution in [0.5, 0.6) is 6.01 Å². The first kappa shape index (κ1) is 12.7. The second kappa shape index (κ2) is 6.30. The highest BCUT2D eigenvalue weighted by Gasteiger charge is 2.04. The van der Waals surface area contributed by atoms with Crippen molar-refractivity contribution in [3.8, 4) is 6.01 Å². The van der Waals surface area contributed by atoms with Crippen LogP contribution < -0.4 is 26.8 Å². The molecule has 1 rings (SSSR count). The number of urea groups is 1. The van der Waals surface area contributed by atoms with Gasteiger partial charge in [0.25, 0.3) is 0 Å². The maximum atomic E-state index is 10.4. The van der Waals surface area contributed by atoms with E-state index in [-0.39, 0.29) is 17.9 Å². The molecular formula is C8H15N7O2. The van der Waals surface area contributed by atoms with Gasteiger partial charge in [-0.1, -0.05) is 0 Å². The quantitative estimate of drug-likeness (QED) is 0.465. The molecule has 9 heteroatoms. The molecule has 0 radical (unpaired) electrons. The van der Waals surface area contributed by atoms with E-state index in [2.05, 4.69) is 25.6 Å². The van der Waals surface area contributed by atoms with E-state index in [1.807, 2.05) is 6.92 Å². The summed E-state index contributed by atoms with van der Waals surface area (Å²) in [6.07, 6.45) is 0. The molecule has 1 aromatic rings. The molecule has 1 aromatic heterocycles. The van der Waals surface area contributed by atoms with Crippen molar-refractivity contribution in [3.63, 3.8) is 0 Å². The number of primary amides is 1. The minimum Gasteiger partial charge on any atom is -0.464 e. The SMILES string of the molecule is CCOc1nc(N)nc(NCCNC(N)=O)n1. The number of amides is 2. The number of nitrogens with one attached hydrogen (secondary N) is 2. The molecule has 0 aliphatic carbocycles. The van der Waals surface area contributed by atoms with Gasteiger partial charge in [-0.2, -0.15) is 15.0 Å². The van der Waals surface area contributed by atoms with Crippen molar-refractivity contribution in [2.75, 3.05) is 30.7 Å². The van der Waals surface area contributed by atoms with Crippen LogP contribution in [0.25, 0.3) is 0 Å². The van der Waals surface area contributed by atoms with E-state index >= 15 is 0 Å². The fourth-order valence-corrected chi connectivity index (χ4v) is 1.00. The van der Waals surface area contributed by atoms with E-state index in [9.17, 15) is 4.79 Å². The molecular weight excluding hydrogens is 226 g/mol. The molecule has 0 saturated carbocycles. The van der Waals surface area contributed by atoms with Crippen molar-refractivity contribution in [3.05, 3.63) is 0 Å². The lowest BCUT2D eigenvalue weighted by molar-refractivity contribution is 0.249. The lowest BCUT2D eigenvalue weighted by Gasteiger charge is -2.07. The lowest BCUT2D eigenvalue weighted by Crippen LogP contribution is -2.33.